The number of carbonyl (C=O) groups is 15. The Balaban J connectivity index is 1.67. The average Bonchev–Trinajstić information content (AvgIpc) is 1.72. The molecule has 0 bridgehead atoms. The highest BCUT2D eigenvalue weighted by Crippen LogP contribution is 2.26. The number of amides is 12. The van der Waals surface area contributed by atoms with E-state index in [1.54, 1.807) is 88.6 Å². The van der Waals surface area contributed by atoms with Crippen LogP contribution in [0.2, 0.25) is 0 Å². The lowest BCUT2D eigenvalue weighted by Gasteiger charge is -2.28. The number of nitrogens with one attached hydrogen (secondary N) is 16. The number of hydrogen-bond acceptors (Lipinski definition) is 21. The molecule has 109 heavy (non-hydrogen) atoms. The van der Waals surface area contributed by atoms with Gasteiger partial charge in [0.2, 0.25) is 70.9 Å². The number of para-hydroxylation sites is 2. The van der Waals surface area contributed by atoms with Gasteiger partial charge in [-0.05, 0) is 94.5 Å². The van der Waals surface area contributed by atoms with E-state index in [1.807, 2.05) is 0 Å². The number of benzene rings is 2. The van der Waals surface area contributed by atoms with Crippen molar-refractivity contribution in [1.29, 1.82) is 0 Å². The first kappa shape index (κ1) is 88.8. The van der Waals surface area contributed by atoms with Crippen LogP contribution in [-0.4, -0.2) is 237 Å². The number of carbonyl (C=O) groups excluding carboxylic acids is 12. The number of likely N-dealkylation sites (N-methyl/N-ethyl adjacent to an activating group) is 1. The maximum Gasteiger partial charge on any atom is 0.328 e. The fraction of sp³-hybridized carbons (Fsp3) is 0.493. The van der Waals surface area contributed by atoms with Gasteiger partial charge in [-0.15, -0.1) is 0 Å². The molecule has 2 aromatic heterocycles. The van der Waals surface area contributed by atoms with Crippen molar-refractivity contribution in [3.63, 3.8) is 0 Å². The second kappa shape index (κ2) is 43.2. The second-order valence-electron chi connectivity index (χ2n) is 27.0. The van der Waals surface area contributed by atoms with E-state index < -0.39 is 211 Å². The zero-order valence-electron chi connectivity index (χ0n) is 61.9. The Hall–Kier alpha value is -10.9. The van der Waals surface area contributed by atoms with Gasteiger partial charge < -0.3 is 105 Å². The summed E-state index contributed by atoms with van der Waals surface area (Å²) >= 11 is 0. The van der Waals surface area contributed by atoms with Crippen molar-refractivity contribution in [2.45, 2.75) is 178 Å². The highest BCUT2D eigenvalue weighted by molar-refractivity contribution is 8.76. The summed E-state index contributed by atoms with van der Waals surface area (Å²) in [6.45, 7) is 17.1. The Labute approximate surface area is 636 Å². The summed E-state index contributed by atoms with van der Waals surface area (Å²) < 4.78 is 0. The number of H-pyrrole nitrogens is 2. The third-order valence-electron chi connectivity index (χ3n) is 17.1. The Bertz CT molecular complexity index is 4010. The summed E-state index contributed by atoms with van der Waals surface area (Å²) in [5.74, 6) is -18.5. The molecule has 594 valence electrons. The van der Waals surface area contributed by atoms with Crippen LogP contribution in [0.25, 0.3) is 21.8 Å². The van der Waals surface area contributed by atoms with Crippen molar-refractivity contribution in [2.24, 2.45) is 16.8 Å². The van der Waals surface area contributed by atoms with Gasteiger partial charge in [-0.3, -0.25) is 72.1 Å². The first-order valence-electron chi connectivity index (χ1n) is 35.0. The van der Waals surface area contributed by atoms with Gasteiger partial charge in [-0.2, -0.15) is 0 Å². The van der Waals surface area contributed by atoms with E-state index in [0.717, 1.165) is 28.5 Å². The number of aliphatic imine (C=N–C) groups is 1. The molecular weight excluding hydrogens is 1460 g/mol. The third-order valence-corrected chi connectivity index (χ3v) is 19.6. The lowest BCUT2D eigenvalue weighted by Crippen LogP contribution is -2.61. The number of aromatic nitrogens is 2. The van der Waals surface area contributed by atoms with E-state index in [0.29, 0.717) is 32.9 Å². The topological polar surface area (TPSA) is 549 Å². The van der Waals surface area contributed by atoms with Gasteiger partial charge in [0.25, 0.3) is 0 Å². The average molecular weight is 1560 g/mol. The van der Waals surface area contributed by atoms with Crippen LogP contribution in [-0.2, 0) is 84.8 Å². The third kappa shape index (κ3) is 28.0. The van der Waals surface area contributed by atoms with E-state index in [9.17, 15) is 87.5 Å². The van der Waals surface area contributed by atoms with Crippen LogP contribution in [0.3, 0.4) is 0 Å². The molecule has 2 aromatic carbocycles. The first-order chi connectivity index (χ1) is 51.5. The lowest BCUT2D eigenvalue weighted by molar-refractivity contribution is -0.145. The van der Waals surface area contributed by atoms with Crippen molar-refractivity contribution in [3.05, 3.63) is 96.1 Å². The standard InChI is InChI=1S/C71H99N17O19S2/c1-34(2)22-48-61(96)77-31-55(90)79-46(20-21-56(91)92)62(97)82-49(23-35(3)4)67(102)87-58(36(5)6)70(105)84-51(25-40-29-76-45-19-15-13-17-43(40)45)65(100)86-54(69(104)88-59(38(8)89)71(106)107)33-109-108-32-53(85-63(98)47(74-11)27-57(93)94)68(103)78-37(7)60(95)80-50(24-39-28-75-44-18-14-12-16-42(39)44)64(99)83-52(66(101)81-48)26-41(73-10)30-72-9/h12-19,28-30,34-35,37-38,46-54,58-59,72,74-76,89H,5,10,20-27,31-33H2,1-4,6-9,11H3,(H,77,96)(H,78,103)(H,79,90)(H,80,95)(H,81,101)(H,82,97)(H,83,99)(H,84,105)(H,85,98)(H,86,100)(H,87,102)(H,88,104)(H,91,92)(H,93,94)(H,106,107)/b41-30-/t37-,38+,46-,47-,48-,49-,50-,51-,52-,53-,54-,58-,59-/m0/s1. The van der Waals surface area contributed by atoms with Crippen LogP contribution in [0.4, 0.5) is 0 Å². The van der Waals surface area contributed by atoms with E-state index >= 15 is 4.79 Å². The second-order valence-corrected chi connectivity index (χ2v) is 29.5. The molecule has 5 rings (SSSR count). The molecule has 3 heterocycles. The van der Waals surface area contributed by atoms with Gasteiger partial charge in [0.05, 0.1) is 30.8 Å². The molecule has 1 aliphatic rings. The van der Waals surface area contributed by atoms with Gasteiger partial charge in [0.15, 0.2) is 6.04 Å². The number of fused-ring (bicyclic) bond motifs is 2. The summed E-state index contributed by atoms with van der Waals surface area (Å²) in [5.41, 5.74) is 2.29. The monoisotopic (exact) mass is 1560 g/mol. The molecule has 0 unspecified atom stereocenters. The Morgan fingerprint density at radius 2 is 1.12 bits per heavy atom. The van der Waals surface area contributed by atoms with Gasteiger partial charge in [0.1, 0.15) is 60.4 Å². The number of carboxylic acids is 3. The van der Waals surface area contributed by atoms with Crippen molar-refractivity contribution in [2.75, 3.05) is 32.1 Å². The molecule has 13 atom stereocenters. The number of hydrogen-bond donors (Lipinski definition) is 20. The maximum absolute atomic E-state index is 15.0. The van der Waals surface area contributed by atoms with E-state index in [-0.39, 0.29) is 48.8 Å². The number of aromatic amines is 2. The highest BCUT2D eigenvalue weighted by atomic mass is 33.1. The summed E-state index contributed by atoms with van der Waals surface area (Å²) in [6, 6.07) is -5.77. The minimum atomic E-state index is -1.96. The maximum atomic E-state index is 15.0. The van der Waals surface area contributed by atoms with Crippen molar-refractivity contribution in [3.8, 4) is 0 Å². The van der Waals surface area contributed by atoms with Gasteiger partial charge in [0, 0.05) is 84.6 Å². The number of rotatable bonds is 25. The number of aliphatic hydroxyl groups excluding tert-OH is 1. The largest absolute Gasteiger partial charge is 0.481 e. The van der Waals surface area contributed by atoms with E-state index in [1.165, 1.54) is 34.1 Å². The quantitative estimate of drug-likeness (QED) is 0.0204. The normalized spacial score (nSPS) is 23.0. The SMILES string of the molecule is C=N/C(=C\NC)C[C@@H]1NC(=O)[C@H](Cc2c[nH]c3ccccc23)NC(=O)[C@H](C)NC(=O)[C@@H](NC(=O)[C@H](CC(=O)O)NC)CSSC[C@@H](C(=O)N[C@H](C(=O)O)[C@@H](C)O)NC(=O)[C@H](Cc2c[nH]c3ccccc23)NC(=O)[C@H](C(=C)C)NC(=O)[C@H](CC(C)C)NC(=O)[C@H](CCC(=O)O)NC(=O)CNC(=O)[C@H](CC(C)C)NC1=O. The van der Waals surface area contributed by atoms with Crippen LogP contribution in [0.1, 0.15) is 98.1 Å². The molecule has 1 saturated heterocycles. The Morgan fingerprint density at radius 3 is 1.63 bits per heavy atom. The van der Waals surface area contributed by atoms with Crippen molar-refractivity contribution >= 4 is 139 Å². The van der Waals surface area contributed by atoms with Gasteiger partial charge in [-0.25, -0.2) is 4.79 Å². The number of aliphatic carboxylic acids is 3. The molecule has 1 fully saturated rings. The molecule has 20 N–H and O–H groups in total. The summed E-state index contributed by atoms with van der Waals surface area (Å²) in [6.07, 6.45) is -0.392. The van der Waals surface area contributed by atoms with Gasteiger partial charge >= 0.3 is 17.9 Å². The number of aliphatic hydroxyl groups is 1. The molecule has 38 heteroatoms. The van der Waals surface area contributed by atoms with Crippen LogP contribution < -0.4 is 74.4 Å². The van der Waals surface area contributed by atoms with Crippen molar-refractivity contribution < 1.29 is 92.3 Å². The Kier molecular flexibility index (Phi) is 35.2. The molecule has 4 aromatic rings. The molecule has 0 aliphatic carbocycles. The smallest absolute Gasteiger partial charge is 0.328 e. The zero-order chi connectivity index (χ0) is 80.9. The molecule has 0 spiro atoms. The molecule has 0 radical (unpaired) electrons. The predicted octanol–water partition coefficient (Wildman–Crippen LogP) is -1.49. The fourth-order valence-corrected chi connectivity index (χ4v) is 13.7. The van der Waals surface area contributed by atoms with E-state index in [2.05, 4.69) is 103 Å². The Morgan fingerprint density at radius 1 is 0.615 bits per heavy atom. The number of carboxylic acid groups (broad SMARTS) is 3. The molecule has 12 amide bonds. The minimum Gasteiger partial charge on any atom is -0.481 e. The van der Waals surface area contributed by atoms with Crippen LogP contribution in [0.5, 0.6) is 0 Å². The summed E-state index contributed by atoms with van der Waals surface area (Å²) in [4.78, 5) is 221. The highest BCUT2D eigenvalue weighted by Gasteiger charge is 2.38. The fourth-order valence-electron chi connectivity index (χ4n) is 11.4. The van der Waals surface area contributed by atoms with Crippen LogP contribution >= 0.6 is 21.6 Å². The van der Waals surface area contributed by atoms with Crippen molar-refractivity contribution in [1.82, 2.24) is 84.4 Å². The minimum absolute atomic E-state index is 0.0135. The molecular formula is C71H99N17O19S2. The van der Waals surface area contributed by atoms with Crippen LogP contribution in [0, 0.1) is 11.8 Å². The lowest BCUT2D eigenvalue weighted by atomic mass is 10.00. The zero-order valence-corrected chi connectivity index (χ0v) is 63.5. The molecule has 0 saturated carbocycles. The van der Waals surface area contributed by atoms with Crippen LogP contribution in [0.15, 0.2) is 90.0 Å². The molecule has 1 aliphatic heterocycles. The summed E-state index contributed by atoms with van der Waals surface area (Å²) in [7, 11) is 4.37. The van der Waals surface area contributed by atoms with E-state index in [4.69, 9.17) is 0 Å². The first-order valence-corrected chi connectivity index (χ1v) is 37.5. The summed E-state index contributed by atoms with van der Waals surface area (Å²) in [5, 5.41) is 76.8. The number of nitrogens with zero attached hydrogens (tertiary/aromatic N) is 1. The van der Waals surface area contributed by atoms with Gasteiger partial charge in [-0.1, -0.05) is 92.3 Å². The molecule has 36 nitrogen and oxygen atoms in total. The predicted molar refractivity (Wildman–Crippen MR) is 405 cm³/mol.